The molecule has 214 valence electrons. The Balaban J connectivity index is 1.48. The molecule has 1 aromatic carbocycles. The Hall–Kier alpha value is -3.59. The molecule has 1 unspecified atom stereocenters. The number of hydrogen-bond donors (Lipinski definition) is 2. The number of nitrogens with one attached hydrogen (secondary N) is 2. The van der Waals surface area contributed by atoms with E-state index in [1.807, 2.05) is 51.9 Å². The van der Waals surface area contributed by atoms with Crippen LogP contribution in [0.5, 0.6) is 0 Å². The number of carbonyl (C=O) groups is 2. The second-order valence-corrected chi connectivity index (χ2v) is 11.7. The van der Waals surface area contributed by atoms with E-state index < -0.39 is 5.41 Å². The van der Waals surface area contributed by atoms with Crippen molar-refractivity contribution >= 4 is 11.8 Å². The van der Waals surface area contributed by atoms with E-state index in [9.17, 15) is 18.8 Å². The number of amides is 2. The van der Waals surface area contributed by atoms with Gasteiger partial charge in [-0.05, 0) is 95.6 Å². The van der Waals surface area contributed by atoms with Crippen molar-refractivity contribution in [1.29, 1.82) is 0 Å². The molecule has 4 rings (SSSR count). The number of H-pyrrole nitrogens is 1. The van der Waals surface area contributed by atoms with E-state index >= 15 is 0 Å². The number of halogens is 1. The minimum Gasteiger partial charge on any atom is -0.343 e. The van der Waals surface area contributed by atoms with Crippen molar-refractivity contribution in [2.24, 2.45) is 5.41 Å². The lowest BCUT2D eigenvalue weighted by Crippen LogP contribution is -2.55. The van der Waals surface area contributed by atoms with E-state index in [0.717, 1.165) is 29.7 Å². The minimum absolute atomic E-state index is 0.0369. The van der Waals surface area contributed by atoms with Crippen molar-refractivity contribution in [3.05, 3.63) is 86.6 Å². The van der Waals surface area contributed by atoms with Gasteiger partial charge in [0.25, 0.3) is 11.5 Å². The number of benzene rings is 1. The van der Waals surface area contributed by atoms with Crippen LogP contribution < -0.4 is 10.9 Å². The summed E-state index contributed by atoms with van der Waals surface area (Å²) in [7, 11) is 3.98. The zero-order valence-corrected chi connectivity index (χ0v) is 24.3. The fraction of sp³-hybridized carbons (Fsp3) is 0.484. The average Bonchev–Trinajstić information content (AvgIpc) is 3.36. The van der Waals surface area contributed by atoms with Gasteiger partial charge in [-0.1, -0.05) is 19.1 Å². The Bertz CT molecular complexity index is 1400. The van der Waals surface area contributed by atoms with Crippen LogP contribution in [0, 0.1) is 19.3 Å². The summed E-state index contributed by atoms with van der Waals surface area (Å²) >= 11 is 0. The standard InChI is InChI=1S/C31H40FN5O3/c1-19-14-23(10-9-22(19)16-24-15-20(2)34-35-30(24)40)29(39)33-18-28(38)37-26(21(3)36(5)6)11-12-27(37)31(4)13-7-8-25(32)17-31/h7-10,14-15,17,21,26-27H,11-13,16,18H2,1-6H3,(H,33,39)(H,35,40)/t21-,26+,27-,31?/m0/s1. The molecule has 0 bridgehead atoms. The molecular weight excluding hydrogens is 509 g/mol. The van der Waals surface area contributed by atoms with Gasteiger partial charge in [0.05, 0.1) is 12.2 Å². The molecule has 0 spiro atoms. The monoisotopic (exact) mass is 549 g/mol. The van der Waals surface area contributed by atoms with E-state index in [2.05, 4.69) is 27.3 Å². The minimum atomic E-state index is -0.513. The van der Waals surface area contributed by atoms with E-state index in [4.69, 9.17) is 0 Å². The fourth-order valence-electron chi connectivity index (χ4n) is 6.02. The number of carbonyl (C=O) groups excluding carboxylic acids is 2. The van der Waals surface area contributed by atoms with E-state index in [-0.39, 0.29) is 47.9 Å². The third-order valence-electron chi connectivity index (χ3n) is 8.55. The first-order valence-electron chi connectivity index (χ1n) is 13.8. The van der Waals surface area contributed by atoms with E-state index in [1.165, 1.54) is 6.08 Å². The molecule has 2 aliphatic rings. The number of nitrogens with zero attached hydrogens (tertiary/aromatic N) is 3. The molecule has 1 saturated heterocycles. The highest BCUT2D eigenvalue weighted by Crippen LogP contribution is 2.44. The first kappa shape index (κ1) is 29.4. The lowest BCUT2D eigenvalue weighted by molar-refractivity contribution is -0.136. The molecule has 2 N–H and O–H groups in total. The smallest absolute Gasteiger partial charge is 0.267 e. The molecule has 9 heteroatoms. The number of aromatic amines is 1. The SMILES string of the molecule is Cc1cc(Cc2ccc(C(=O)NCC(=O)N3[C@@H]([C@H](C)N(C)C)CC[C@H]3C3(C)C=C(F)C=CC3)cc2C)c(=O)[nH]n1. The summed E-state index contributed by atoms with van der Waals surface area (Å²) in [6, 6.07) is 6.98. The highest BCUT2D eigenvalue weighted by atomic mass is 19.1. The maximum Gasteiger partial charge on any atom is 0.267 e. The van der Waals surface area contributed by atoms with Gasteiger partial charge >= 0.3 is 0 Å². The van der Waals surface area contributed by atoms with Crippen LogP contribution in [0.3, 0.4) is 0 Å². The summed E-state index contributed by atoms with van der Waals surface area (Å²) < 4.78 is 14.3. The Kier molecular flexibility index (Phi) is 8.73. The fourth-order valence-corrected chi connectivity index (χ4v) is 6.02. The summed E-state index contributed by atoms with van der Waals surface area (Å²) in [5, 5.41) is 9.23. The van der Waals surface area contributed by atoms with Gasteiger partial charge < -0.3 is 15.1 Å². The number of aryl methyl sites for hydroxylation is 2. The van der Waals surface area contributed by atoms with Crippen LogP contribution in [-0.4, -0.2) is 70.6 Å². The molecule has 8 nitrogen and oxygen atoms in total. The molecule has 1 aliphatic carbocycles. The number of allylic oxidation sites excluding steroid dienone is 3. The lowest BCUT2D eigenvalue weighted by atomic mass is 9.75. The maximum atomic E-state index is 14.3. The molecule has 0 saturated carbocycles. The Labute approximate surface area is 235 Å². The lowest BCUT2D eigenvalue weighted by Gasteiger charge is -2.43. The largest absolute Gasteiger partial charge is 0.343 e. The van der Waals surface area contributed by atoms with Crippen molar-refractivity contribution in [2.45, 2.75) is 71.5 Å². The molecule has 1 fully saturated rings. The van der Waals surface area contributed by atoms with E-state index in [1.54, 1.807) is 24.3 Å². The first-order valence-corrected chi connectivity index (χ1v) is 13.8. The average molecular weight is 550 g/mol. The summed E-state index contributed by atoms with van der Waals surface area (Å²) in [6.07, 6.45) is 7.63. The quantitative estimate of drug-likeness (QED) is 0.522. The molecule has 0 radical (unpaired) electrons. The zero-order valence-electron chi connectivity index (χ0n) is 24.3. The van der Waals surface area contributed by atoms with Gasteiger partial charge in [-0.3, -0.25) is 14.4 Å². The van der Waals surface area contributed by atoms with Gasteiger partial charge in [-0.15, -0.1) is 0 Å². The summed E-state index contributed by atoms with van der Waals surface area (Å²) in [6.45, 7) is 7.67. The van der Waals surface area contributed by atoms with Gasteiger partial charge in [0.2, 0.25) is 5.91 Å². The van der Waals surface area contributed by atoms with E-state index in [0.29, 0.717) is 24.0 Å². The second kappa shape index (κ2) is 11.9. The van der Waals surface area contributed by atoms with Crippen molar-refractivity contribution in [1.82, 2.24) is 25.3 Å². The van der Waals surface area contributed by atoms with Crippen LogP contribution in [0.4, 0.5) is 4.39 Å². The molecule has 2 amide bonds. The summed E-state index contributed by atoms with van der Waals surface area (Å²) in [5.74, 6) is -0.785. The normalized spacial score (nSPS) is 23.3. The molecule has 4 atom stereocenters. The van der Waals surface area contributed by atoms with Crippen LogP contribution in [0.2, 0.25) is 0 Å². The highest BCUT2D eigenvalue weighted by molar-refractivity contribution is 5.96. The van der Waals surface area contributed by atoms with Crippen LogP contribution in [0.25, 0.3) is 0 Å². The van der Waals surface area contributed by atoms with Gasteiger partial charge in [0.15, 0.2) is 0 Å². The Morgan fingerprint density at radius 1 is 1.23 bits per heavy atom. The molecule has 2 aromatic rings. The summed E-state index contributed by atoms with van der Waals surface area (Å²) in [4.78, 5) is 42.9. The molecule has 2 heterocycles. The number of aromatic nitrogens is 2. The predicted molar refractivity (Wildman–Crippen MR) is 154 cm³/mol. The van der Waals surface area contributed by atoms with Gasteiger partial charge in [0.1, 0.15) is 5.83 Å². The predicted octanol–water partition coefficient (Wildman–Crippen LogP) is 3.84. The molecular formula is C31H40FN5O3. The van der Waals surface area contributed by atoms with Gasteiger partial charge in [-0.2, -0.15) is 5.10 Å². The highest BCUT2D eigenvalue weighted by Gasteiger charge is 2.47. The topological polar surface area (TPSA) is 98.4 Å². The second-order valence-electron chi connectivity index (χ2n) is 11.7. The maximum absolute atomic E-state index is 14.3. The molecule has 1 aromatic heterocycles. The first-order chi connectivity index (χ1) is 18.9. The molecule has 1 aliphatic heterocycles. The number of rotatable bonds is 8. The van der Waals surface area contributed by atoms with Crippen molar-refractivity contribution < 1.29 is 14.0 Å². The Morgan fingerprint density at radius 2 is 1.98 bits per heavy atom. The molecule has 40 heavy (non-hydrogen) atoms. The zero-order chi connectivity index (χ0) is 29.2. The van der Waals surface area contributed by atoms with Crippen molar-refractivity contribution in [3.63, 3.8) is 0 Å². The third kappa shape index (κ3) is 6.25. The van der Waals surface area contributed by atoms with Gasteiger partial charge in [-0.25, -0.2) is 9.49 Å². The van der Waals surface area contributed by atoms with Crippen molar-refractivity contribution in [2.75, 3.05) is 20.6 Å². The van der Waals surface area contributed by atoms with Crippen LogP contribution in [-0.2, 0) is 11.2 Å². The number of hydrogen-bond acceptors (Lipinski definition) is 5. The number of likely N-dealkylation sites (tertiary alicyclic amines) is 1. The van der Waals surface area contributed by atoms with Crippen LogP contribution in [0.1, 0.15) is 65.9 Å². The van der Waals surface area contributed by atoms with Crippen molar-refractivity contribution in [3.8, 4) is 0 Å². The number of likely N-dealkylation sites (N-methyl/N-ethyl adjacent to an activating group) is 1. The van der Waals surface area contributed by atoms with Crippen LogP contribution >= 0.6 is 0 Å². The Morgan fingerprint density at radius 3 is 2.65 bits per heavy atom. The summed E-state index contributed by atoms with van der Waals surface area (Å²) in [5.41, 5.74) is 2.84. The third-order valence-corrected chi connectivity index (χ3v) is 8.55. The van der Waals surface area contributed by atoms with Gasteiger partial charge in [0, 0.05) is 41.1 Å². The van der Waals surface area contributed by atoms with Crippen LogP contribution in [0.15, 0.2) is 53.1 Å².